The Morgan fingerprint density at radius 1 is 0.886 bits per heavy atom. The highest BCUT2D eigenvalue weighted by molar-refractivity contribution is 9.10. The minimum absolute atomic E-state index is 0.0434. The lowest BCUT2D eigenvalue weighted by Gasteiger charge is -2.34. The molecule has 0 aliphatic carbocycles. The average Bonchev–Trinajstić information content (AvgIpc) is 3.02. The maximum atomic E-state index is 14.4. The maximum Gasteiger partial charge on any atom is 0.264 e. The number of amides is 2. The molecule has 1 atom stereocenters. The van der Waals surface area contributed by atoms with E-state index in [4.69, 9.17) is 4.74 Å². The highest BCUT2D eigenvalue weighted by Crippen LogP contribution is 2.28. The van der Waals surface area contributed by atoms with Gasteiger partial charge in [0.25, 0.3) is 10.0 Å². The van der Waals surface area contributed by atoms with Crippen LogP contribution in [0.2, 0.25) is 0 Å². The molecule has 0 heterocycles. The zero-order chi connectivity index (χ0) is 31.7. The Balaban J connectivity index is 1.81. The van der Waals surface area contributed by atoms with Crippen LogP contribution in [0.1, 0.15) is 23.6 Å². The minimum Gasteiger partial charge on any atom is -0.497 e. The van der Waals surface area contributed by atoms with Gasteiger partial charge >= 0.3 is 0 Å². The standard InChI is InChI=1S/C34H36BrN3O5S/c1-4-36-34(40)32(21-26-10-6-5-7-11-26)37(23-27-12-8-13-28(35)20-27)33(39)24-38(29-14-9-15-30(22-29)43-3)44(41,42)31-18-16-25(2)17-19-31/h5-20,22,32H,4,21,23-24H2,1-3H3,(H,36,40)/t32-/m0/s1. The van der Waals surface area contributed by atoms with E-state index in [9.17, 15) is 18.0 Å². The van der Waals surface area contributed by atoms with Gasteiger partial charge < -0.3 is 15.0 Å². The van der Waals surface area contributed by atoms with E-state index >= 15 is 0 Å². The van der Waals surface area contributed by atoms with Gasteiger partial charge in [0.05, 0.1) is 17.7 Å². The fourth-order valence-electron chi connectivity index (χ4n) is 4.81. The number of rotatable bonds is 13. The number of aryl methyl sites for hydroxylation is 1. The summed E-state index contributed by atoms with van der Waals surface area (Å²) < 4.78 is 35.5. The molecule has 0 aliphatic rings. The lowest BCUT2D eigenvalue weighted by atomic mass is 10.0. The summed E-state index contributed by atoms with van der Waals surface area (Å²) in [5, 5.41) is 2.87. The number of sulfonamides is 1. The predicted molar refractivity (Wildman–Crippen MR) is 176 cm³/mol. The van der Waals surface area contributed by atoms with Gasteiger partial charge in [0, 0.05) is 30.0 Å². The van der Waals surface area contributed by atoms with Crippen molar-refractivity contribution < 1.29 is 22.7 Å². The van der Waals surface area contributed by atoms with Crippen LogP contribution in [0.3, 0.4) is 0 Å². The quantitative estimate of drug-likeness (QED) is 0.195. The molecule has 2 amide bonds. The highest BCUT2D eigenvalue weighted by Gasteiger charge is 2.34. The van der Waals surface area contributed by atoms with Crippen LogP contribution >= 0.6 is 15.9 Å². The lowest BCUT2D eigenvalue weighted by Crippen LogP contribution is -2.53. The molecule has 10 heteroatoms. The van der Waals surface area contributed by atoms with Gasteiger partial charge in [0.2, 0.25) is 11.8 Å². The van der Waals surface area contributed by atoms with Crippen LogP contribution in [0, 0.1) is 6.92 Å². The monoisotopic (exact) mass is 677 g/mol. The van der Waals surface area contributed by atoms with E-state index in [2.05, 4.69) is 21.2 Å². The van der Waals surface area contributed by atoms with Crippen LogP contribution < -0.4 is 14.4 Å². The molecule has 0 aromatic heterocycles. The first-order chi connectivity index (χ1) is 21.1. The average molecular weight is 679 g/mol. The van der Waals surface area contributed by atoms with Crippen LogP contribution in [0.5, 0.6) is 5.75 Å². The number of carbonyl (C=O) groups is 2. The highest BCUT2D eigenvalue weighted by atomic mass is 79.9. The number of hydrogen-bond acceptors (Lipinski definition) is 5. The fraction of sp³-hybridized carbons (Fsp3) is 0.235. The number of nitrogens with one attached hydrogen (secondary N) is 1. The van der Waals surface area contributed by atoms with Crippen molar-refractivity contribution in [2.75, 3.05) is 24.5 Å². The van der Waals surface area contributed by atoms with Gasteiger partial charge in [-0.25, -0.2) is 8.42 Å². The van der Waals surface area contributed by atoms with Gasteiger partial charge in [-0.15, -0.1) is 0 Å². The molecule has 230 valence electrons. The molecule has 8 nitrogen and oxygen atoms in total. The van der Waals surface area contributed by atoms with Gasteiger partial charge in [-0.2, -0.15) is 0 Å². The van der Waals surface area contributed by atoms with Gasteiger partial charge in [0.1, 0.15) is 18.3 Å². The molecule has 0 bridgehead atoms. The summed E-state index contributed by atoms with van der Waals surface area (Å²) >= 11 is 3.49. The van der Waals surface area contributed by atoms with Crippen molar-refractivity contribution in [2.24, 2.45) is 0 Å². The van der Waals surface area contributed by atoms with Crippen LogP contribution in [-0.2, 0) is 32.6 Å². The largest absolute Gasteiger partial charge is 0.497 e. The van der Waals surface area contributed by atoms with Gasteiger partial charge in [-0.1, -0.05) is 82.2 Å². The van der Waals surface area contributed by atoms with Crippen molar-refractivity contribution >= 4 is 43.5 Å². The van der Waals surface area contributed by atoms with E-state index in [1.54, 1.807) is 36.4 Å². The molecule has 0 radical (unpaired) electrons. The topological polar surface area (TPSA) is 96.0 Å². The first kappa shape index (κ1) is 32.8. The van der Waals surface area contributed by atoms with E-state index in [0.29, 0.717) is 12.3 Å². The molecule has 0 saturated heterocycles. The molecular weight excluding hydrogens is 642 g/mol. The molecule has 0 spiro atoms. The van der Waals surface area contributed by atoms with Crippen molar-refractivity contribution in [3.8, 4) is 5.75 Å². The zero-order valence-corrected chi connectivity index (χ0v) is 27.3. The maximum absolute atomic E-state index is 14.4. The number of halogens is 1. The Bertz CT molecular complexity index is 1680. The Kier molecular flexibility index (Phi) is 11.2. The summed E-state index contributed by atoms with van der Waals surface area (Å²) in [5.74, 6) is -0.418. The van der Waals surface area contributed by atoms with E-state index in [1.165, 1.54) is 24.1 Å². The molecule has 4 aromatic rings. The summed E-state index contributed by atoms with van der Waals surface area (Å²) in [4.78, 5) is 29.5. The first-order valence-electron chi connectivity index (χ1n) is 14.2. The Morgan fingerprint density at radius 2 is 1.57 bits per heavy atom. The van der Waals surface area contributed by atoms with Crippen LogP contribution in [0.15, 0.2) is 112 Å². The number of likely N-dealkylation sites (N-methyl/N-ethyl adjacent to an activating group) is 1. The summed E-state index contributed by atoms with van der Waals surface area (Å²) in [7, 11) is -2.71. The molecule has 4 rings (SSSR count). The number of carbonyl (C=O) groups excluding carboxylic acids is 2. The third kappa shape index (κ3) is 8.27. The van der Waals surface area contributed by atoms with Crippen molar-refractivity contribution in [3.63, 3.8) is 0 Å². The molecule has 0 unspecified atom stereocenters. The second kappa shape index (κ2) is 15.0. The first-order valence-corrected chi connectivity index (χ1v) is 16.4. The summed E-state index contributed by atoms with van der Waals surface area (Å²) in [6, 6.07) is 29.0. The molecule has 1 N–H and O–H groups in total. The number of methoxy groups -OCH3 is 1. The molecular formula is C34H36BrN3O5S. The van der Waals surface area contributed by atoms with Crippen molar-refractivity contribution in [2.45, 2.75) is 37.8 Å². The third-order valence-electron chi connectivity index (χ3n) is 7.09. The van der Waals surface area contributed by atoms with Crippen molar-refractivity contribution in [1.29, 1.82) is 0 Å². The van der Waals surface area contributed by atoms with E-state index in [-0.39, 0.29) is 29.5 Å². The Labute approximate surface area is 267 Å². The van der Waals surface area contributed by atoms with Gasteiger partial charge in [-0.3, -0.25) is 13.9 Å². The second-order valence-electron chi connectivity index (χ2n) is 10.3. The molecule has 0 fully saturated rings. The van der Waals surface area contributed by atoms with E-state index < -0.39 is 28.5 Å². The van der Waals surface area contributed by atoms with Crippen LogP contribution in [0.25, 0.3) is 0 Å². The molecule has 4 aromatic carbocycles. The number of ether oxygens (including phenoxy) is 1. The Morgan fingerprint density at radius 3 is 2.23 bits per heavy atom. The zero-order valence-electron chi connectivity index (χ0n) is 24.9. The fourth-order valence-corrected chi connectivity index (χ4v) is 6.66. The number of benzene rings is 4. The summed E-state index contributed by atoms with van der Waals surface area (Å²) in [5.41, 5.74) is 2.81. The lowest BCUT2D eigenvalue weighted by molar-refractivity contribution is -0.140. The predicted octanol–water partition coefficient (Wildman–Crippen LogP) is 5.74. The van der Waals surface area contributed by atoms with Crippen LogP contribution in [0.4, 0.5) is 5.69 Å². The molecule has 44 heavy (non-hydrogen) atoms. The number of hydrogen-bond donors (Lipinski definition) is 1. The molecule has 0 aliphatic heterocycles. The van der Waals surface area contributed by atoms with Crippen LogP contribution in [-0.4, -0.2) is 51.4 Å². The molecule has 0 saturated carbocycles. The number of nitrogens with zero attached hydrogens (tertiary/aromatic N) is 2. The Hall–Kier alpha value is -4.15. The van der Waals surface area contributed by atoms with E-state index in [1.807, 2.05) is 68.4 Å². The van der Waals surface area contributed by atoms with E-state index in [0.717, 1.165) is 25.5 Å². The smallest absolute Gasteiger partial charge is 0.264 e. The van der Waals surface area contributed by atoms with Crippen molar-refractivity contribution in [1.82, 2.24) is 10.2 Å². The van der Waals surface area contributed by atoms with Gasteiger partial charge in [0.15, 0.2) is 0 Å². The number of anilines is 1. The van der Waals surface area contributed by atoms with Gasteiger partial charge in [-0.05, 0) is 61.4 Å². The summed E-state index contributed by atoms with van der Waals surface area (Å²) in [6.45, 7) is 3.61. The minimum atomic E-state index is -4.20. The SMILES string of the molecule is CCNC(=O)[C@H](Cc1ccccc1)N(Cc1cccc(Br)c1)C(=O)CN(c1cccc(OC)c1)S(=O)(=O)c1ccc(C)cc1. The third-order valence-corrected chi connectivity index (χ3v) is 9.37. The second-order valence-corrected chi connectivity index (χ2v) is 13.1. The summed E-state index contributed by atoms with van der Waals surface area (Å²) in [6.07, 6.45) is 0.246. The normalized spacial score (nSPS) is 11.8. The van der Waals surface area contributed by atoms with Crippen molar-refractivity contribution in [3.05, 3.63) is 124 Å².